The number of nitrogens with zero attached hydrogens (tertiary/aromatic N) is 3. The zero-order chi connectivity index (χ0) is 22.5. The fraction of sp³-hybridized carbons (Fsp3) is 0.160. The van der Waals surface area contributed by atoms with Crippen LogP contribution in [-0.4, -0.2) is 26.4 Å². The van der Waals surface area contributed by atoms with Crippen LogP contribution in [0.1, 0.15) is 18.1 Å². The molecule has 4 rings (SSSR count). The highest BCUT2D eigenvalue weighted by Gasteiger charge is 2.19. The van der Waals surface area contributed by atoms with Gasteiger partial charge in [0.15, 0.2) is 11.0 Å². The molecule has 0 bridgehead atoms. The first kappa shape index (κ1) is 21.8. The normalized spacial score (nSPS) is 10.8. The lowest BCUT2D eigenvalue weighted by Crippen LogP contribution is -2.15. The third-order valence-corrected chi connectivity index (χ3v) is 5.97. The molecule has 0 unspecified atom stereocenters. The summed E-state index contributed by atoms with van der Waals surface area (Å²) in [7, 11) is 0. The average molecular weight is 447 g/mol. The monoisotopic (exact) mass is 446 g/mol. The molecule has 162 valence electrons. The molecule has 7 heteroatoms. The van der Waals surface area contributed by atoms with Crippen molar-refractivity contribution < 1.29 is 9.18 Å². The van der Waals surface area contributed by atoms with E-state index in [0.29, 0.717) is 16.5 Å². The van der Waals surface area contributed by atoms with Gasteiger partial charge in [0.05, 0.1) is 11.3 Å². The summed E-state index contributed by atoms with van der Waals surface area (Å²) in [5, 5.41) is 12.0. The van der Waals surface area contributed by atoms with Crippen LogP contribution in [0.25, 0.3) is 17.1 Å². The van der Waals surface area contributed by atoms with Gasteiger partial charge in [0, 0.05) is 11.4 Å². The third-order valence-electron chi connectivity index (χ3n) is 5.05. The molecule has 0 radical (unpaired) electrons. The van der Waals surface area contributed by atoms with E-state index >= 15 is 0 Å². The number of thioether (sulfide) groups is 1. The summed E-state index contributed by atoms with van der Waals surface area (Å²) in [4.78, 5) is 12.6. The summed E-state index contributed by atoms with van der Waals surface area (Å²) in [5.74, 6) is 0.0333. The van der Waals surface area contributed by atoms with E-state index in [2.05, 4.69) is 15.5 Å². The minimum atomic E-state index is -0.376. The van der Waals surface area contributed by atoms with Gasteiger partial charge >= 0.3 is 0 Å². The molecule has 0 saturated heterocycles. The van der Waals surface area contributed by atoms with E-state index in [1.165, 1.54) is 17.8 Å². The van der Waals surface area contributed by atoms with Crippen LogP contribution in [-0.2, 0) is 11.2 Å². The topological polar surface area (TPSA) is 59.8 Å². The molecule has 32 heavy (non-hydrogen) atoms. The van der Waals surface area contributed by atoms with Gasteiger partial charge in [-0.25, -0.2) is 4.39 Å². The van der Waals surface area contributed by atoms with Crippen LogP contribution >= 0.6 is 11.8 Å². The number of carbonyl (C=O) groups is 1. The van der Waals surface area contributed by atoms with Gasteiger partial charge in [0.2, 0.25) is 5.91 Å². The standard InChI is InChI=1S/C25H23FN4OS/c1-3-18-8-4-7-11-22(18)27-23(31)16-32-25-29-28-24(20-9-5-6-10-21(20)26)30(25)19-14-12-17(2)13-15-19/h4-15H,3,16H2,1-2H3,(H,27,31). The van der Waals surface area contributed by atoms with Gasteiger partial charge in [-0.1, -0.05) is 66.7 Å². The Morgan fingerprint density at radius 2 is 1.72 bits per heavy atom. The second-order valence-electron chi connectivity index (χ2n) is 7.30. The Balaban J connectivity index is 1.62. The van der Waals surface area contributed by atoms with Gasteiger partial charge in [-0.15, -0.1) is 10.2 Å². The molecule has 0 aliphatic rings. The highest BCUT2D eigenvalue weighted by Crippen LogP contribution is 2.29. The lowest BCUT2D eigenvalue weighted by Gasteiger charge is -2.12. The van der Waals surface area contributed by atoms with E-state index in [0.717, 1.165) is 28.9 Å². The van der Waals surface area contributed by atoms with Crippen LogP contribution in [0.3, 0.4) is 0 Å². The molecule has 0 aliphatic heterocycles. The van der Waals surface area contributed by atoms with E-state index in [4.69, 9.17) is 0 Å². The predicted molar refractivity (Wildman–Crippen MR) is 127 cm³/mol. The SMILES string of the molecule is CCc1ccccc1NC(=O)CSc1nnc(-c2ccccc2F)n1-c1ccc(C)cc1. The summed E-state index contributed by atoms with van der Waals surface area (Å²) >= 11 is 1.26. The largest absolute Gasteiger partial charge is 0.325 e. The Morgan fingerprint density at radius 3 is 2.47 bits per heavy atom. The third kappa shape index (κ3) is 4.73. The molecular weight excluding hydrogens is 423 g/mol. The van der Waals surface area contributed by atoms with Crippen molar-refractivity contribution in [3.05, 3.63) is 89.7 Å². The second-order valence-corrected chi connectivity index (χ2v) is 8.25. The van der Waals surface area contributed by atoms with Crippen LogP contribution < -0.4 is 5.32 Å². The van der Waals surface area contributed by atoms with Gasteiger partial charge in [-0.2, -0.15) is 0 Å². The average Bonchev–Trinajstić information content (AvgIpc) is 3.22. The molecule has 5 nitrogen and oxygen atoms in total. The van der Waals surface area contributed by atoms with E-state index in [1.807, 2.05) is 62.4 Å². The Hall–Kier alpha value is -3.45. The number of amides is 1. The number of para-hydroxylation sites is 1. The summed E-state index contributed by atoms with van der Waals surface area (Å²) in [6, 6.07) is 22.0. The molecule has 1 amide bonds. The molecule has 1 N–H and O–H groups in total. The Morgan fingerprint density at radius 1 is 1.00 bits per heavy atom. The highest BCUT2D eigenvalue weighted by atomic mass is 32.2. The molecular formula is C25H23FN4OS. The first-order valence-electron chi connectivity index (χ1n) is 10.3. The lowest BCUT2D eigenvalue weighted by atomic mass is 10.1. The van der Waals surface area contributed by atoms with Crippen LogP contribution in [0.2, 0.25) is 0 Å². The van der Waals surface area contributed by atoms with E-state index in [1.54, 1.807) is 22.8 Å². The van der Waals surface area contributed by atoms with Crippen molar-refractivity contribution >= 4 is 23.4 Å². The number of aryl methyl sites for hydroxylation is 2. The van der Waals surface area contributed by atoms with Crippen molar-refractivity contribution in [2.24, 2.45) is 0 Å². The minimum Gasteiger partial charge on any atom is -0.325 e. The molecule has 1 aromatic heterocycles. The smallest absolute Gasteiger partial charge is 0.234 e. The van der Waals surface area contributed by atoms with Crippen molar-refractivity contribution in [1.82, 2.24) is 14.8 Å². The van der Waals surface area contributed by atoms with E-state index < -0.39 is 0 Å². The number of anilines is 1. The molecule has 0 aliphatic carbocycles. The number of hydrogen-bond donors (Lipinski definition) is 1. The highest BCUT2D eigenvalue weighted by molar-refractivity contribution is 7.99. The van der Waals surface area contributed by atoms with Crippen LogP contribution in [0, 0.1) is 12.7 Å². The fourth-order valence-electron chi connectivity index (χ4n) is 3.37. The van der Waals surface area contributed by atoms with Crippen LogP contribution in [0.5, 0.6) is 0 Å². The Bertz CT molecular complexity index is 1240. The number of aromatic nitrogens is 3. The van der Waals surface area contributed by atoms with Crippen molar-refractivity contribution in [3.8, 4) is 17.1 Å². The number of halogens is 1. The maximum atomic E-state index is 14.5. The number of carbonyl (C=O) groups excluding carboxylic acids is 1. The molecule has 0 saturated carbocycles. The molecule has 0 spiro atoms. The predicted octanol–water partition coefficient (Wildman–Crippen LogP) is 5.68. The first-order chi connectivity index (χ1) is 15.6. The lowest BCUT2D eigenvalue weighted by molar-refractivity contribution is -0.113. The summed E-state index contributed by atoms with van der Waals surface area (Å²) in [6.45, 7) is 4.05. The number of rotatable bonds is 7. The maximum absolute atomic E-state index is 14.5. The summed E-state index contributed by atoms with van der Waals surface area (Å²) < 4.78 is 16.3. The quantitative estimate of drug-likeness (QED) is 0.371. The molecule has 0 atom stereocenters. The van der Waals surface area contributed by atoms with Crippen LogP contribution in [0.4, 0.5) is 10.1 Å². The van der Waals surface area contributed by atoms with E-state index in [-0.39, 0.29) is 17.5 Å². The molecule has 1 heterocycles. The van der Waals surface area contributed by atoms with E-state index in [9.17, 15) is 9.18 Å². The molecule has 0 fully saturated rings. The van der Waals surface area contributed by atoms with Crippen molar-refractivity contribution in [3.63, 3.8) is 0 Å². The zero-order valence-corrected chi connectivity index (χ0v) is 18.7. The van der Waals surface area contributed by atoms with Gasteiger partial charge < -0.3 is 5.32 Å². The van der Waals surface area contributed by atoms with Crippen LogP contribution in [0.15, 0.2) is 78.0 Å². The number of nitrogens with one attached hydrogen (secondary N) is 1. The number of benzene rings is 3. The van der Waals surface area contributed by atoms with Gasteiger partial charge in [-0.05, 0) is 49.2 Å². The van der Waals surface area contributed by atoms with Gasteiger partial charge in [0.1, 0.15) is 5.82 Å². The van der Waals surface area contributed by atoms with Crippen molar-refractivity contribution in [2.75, 3.05) is 11.1 Å². The summed E-state index contributed by atoms with van der Waals surface area (Å²) in [6.07, 6.45) is 0.831. The summed E-state index contributed by atoms with van der Waals surface area (Å²) in [5.41, 5.74) is 4.16. The van der Waals surface area contributed by atoms with Crippen molar-refractivity contribution in [1.29, 1.82) is 0 Å². The first-order valence-corrected chi connectivity index (χ1v) is 11.3. The Labute approximate surface area is 190 Å². The second kappa shape index (κ2) is 9.78. The van der Waals surface area contributed by atoms with Crippen molar-refractivity contribution in [2.45, 2.75) is 25.4 Å². The Kier molecular flexibility index (Phi) is 6.66. The van der Waals surface area contributed by atoms with Gasteiger partial charge in [-0.3, -0.25) is 9.36 Å². The fourth-order valence-corrected chi connectivity index (χ4v) is 4.13. The maximum Gasteiger partial charge on any atom is 0.234 e. The van der Waals surface area contributed by atoms with Gasteiger partial charge in [0.25, 0.3) is 0 Å². The molecule has 3 aromatic carbocycles. The zero-order valence-electron chi connectivity index (χ0n) is 17.9. The number of hydrogen-bond acceptors (Lipinski definition) is 4. The minimum absolute atomic E-state index is 0.137. The molecule has 4 aromatic rings.